The monoisotopic (exact) mass is 1320 g/mol. The van der Waals surface area contributed by atoms with Crippen LogP contribution in [0.2, 0.25) is 0 Å². The molecule has 0 spiro atoms. The van der Waals surface area contributed by atoms with Crippen LogP contribution in [0, 0.1) is 0 Å². The third-order valence-corrected chi connectivity index (χ3v) is 12.7. The smallest absolute Gasteiger partial charge is 0.416 e. The van der Waals surface area contributed by atoms with E-state index in [0.717, 1.165) is 38.8 Å². The lowest BCUT2D eigenvalue weighted by molar-refractivity contribution is -0.146. The first-order chi connectivity index (χ1) is 45.4. The molecule has 2 heterocycles. The summed E-state index contributed by atoms with van der Waals surface area (Å²) in [5.74, 6) is -1.20. The Hall–Kier alpha value is -11.2. The second-order valence-electron chi connectivity index (χ2n) is 20.9. The van der Waals surface area contributed by atoms with Crippen LogP contribution in [-0.2, 0) is 70.2 Å². The Bertz CT molecular complexity index is 3370. The number of nitrogens with two attached hydrogens (primary N) is 1. The number of amides is 4. The van der Waals surface area contributed by atoms with Crippen molar-refractivity contribution in [3.8, 4) is 28.7 Å². The molecule has 0 aliphatic carbocycles. The van der Waals surface area contributed by atoms with Crippen molar-refractivity contribution in [2.45, 2.75) is 123 Å². The lowest BCUT2D eigenvalue weighted by atomic mass is 10.1. The number of benzene rings is 5. The van der Waals surface area contributed by atoms with E-state index >= 15 is 0 Å². The van der Waals surface area contributed by atoms with E-state index in [1.165, 1.54) is 78.4 Å². The van der Waals surface area contributed by atoms with Gasteiger partial charge in [-0.3, -0.25) is 9.36 Å². The molecule has 0 saturated heterocycles. The Labute approximate surface area is 549 Å². The standard InChI is InChI=1S/C22H28N2O5.C16H19N3O4.C13H17NO5.C12H17NO3.C4H4N2O2/c1-3-12-29-21(27)20(14-17-6-10-19(26)11-7-17)24-22(28)23-15(2)13-16-4-8-18(25)9-5-16;1-2-9-23-15(21)14(10-12-3-5-13(20)6-4-12)18-16(22)19-8-7-17-11-19;1-2-7-19-12(16)11(14-13(17)18)8-9-3-5-10(15)6-4-9;1-2-7-16-12(15)11(13)8-9-3-5-10(14)6-4-9;7-4(8)6-2-1-5-3-6/h4-11,15,20,25-26H,3,12-14H2,1-2H3,(H2,23,24,28);3-8,11,14,20H,2,9-10H2,1H3,(H,18,22);3-6,11,14-15H,2,7-8H2,1H3,(H,17,18);3-6,11,14H,2,7-8,13H2,1H3;1-3H,(H,7,8). The second kappa shape index (κ2) is 43.6. The average molecular weight is 1320 g/mol. The summed E-state index contributed by atoms with van der Waals surface area (Å²) in [6, 6.07) is 28.1. The zero-order valence-electron chi connectivity index (χ0n) is 53.5. The Morgan fingerprint density at radius 3 is 1.03 bits per heavy atom. The van der Waals surface area contributed by atoms with E-state index in [0.29, 0.717) is 45.3 Å². The van der Waals surface area contributed by atoms with E-state index in [4.69, 9.17) is 45.1 Å². The summed E-state index contributed by atoms with van der Waals surface area (Å²) >= 11 is 0. The fraction of sp³-hybridized carbons (Fsp3) is 0.343. The maximum Gasteiger partial charge on any atom is 0.416 e. The number of aromatic hydroxyl groups is 5. The van der Waals surface area contributed by atoms with Crippen LogP contribution >= 0.6 is 0 Å². The lowest BCUT2D eigenvalue weighted by Crippen LogP contribution is -2.50. The quantitative estimate of drug-likeness (QED) is 0.0182. The molecule has 0 fully saturated rings. The maximum absolute atomic E-state index is 12.4. The lowest BCUT2D eigenvalue weighted by Gasteiger charge is -2.20. The number of carboxylic acid groups (broad SMARTS) is 2. The number of imidazole rings is 2. The molecule has 5 aromatic carbocycles. The van der Waals surface area contributed by atoms with E-state index in [2.05, 4.69) is 31.2 Å². The summed E-state index contributed by atoms with van der Waals surface area (Å²) in [5, 5.41) is 73.5. The number of carbonyl (C=O) groups excluding carboxylic acids is 6. The molecule has 2 aromatic heterocycles. The minimum Gasteiger partial charge on any atom is -0.508 e. The number of hydrogen-bond donors (Lipinski definition) is 12. The Balaban J connectivity index is 0.000000323. The molecule has 4 amide bonds. The maximum atomic E-state index is 12.4. The van der Waals surface area contributed by atoms with E-state index in [1.807, 2.05) is 34.6 Å². The van der Waals surface area contributed by atoms with Crippen LogP contribution in [-0.4, -0.2) is 160 Å². The van der Waals surface area contributed by atoms with Crippen molar-refractivity contribution in [3.63, 3.8) is 0 Å². The number of phenolic OH excluding ortho intramolecular Hbond substituents is 5. The largest absolute Gasteiger partial charge is 0.508 e. The van der Waals surface area contributed by atoms with Crippen molar-refractivity contribution in [2.75, 3.05) is 26.4 Å². The molecule has 28 heteroatoms. The van der Waals surface area contributed by atoms with Gasteiger partial charge in [-0.2, -0.15) is 0 Å². The fourth-order valence-corrected chi connectivity index (χ4v) is 7.96. The number of esters is 4. The molecule has 0 aliphatic heterocycles. The molecule has 5 atom stereocenters. The molecule has 5 unspecified atom stereocenters. The van der Waals surface area contributed by atoms with Crippen LogP contribution in [0.5, 0.6) is 28.7 Å². The Morgan fingerprint density at radius 1 is 0.421 bits per heavy atom. The van der Waals surface area contributed by atoms with Crippen molar-refractivity contribution in [2.24, 2.45) is 5.73 Å². The molecule has 28 nitrogen and oxygen atoms in total. The van der Waals surface area contributed by atoms with E-state index in [9.17, 15) is 53.7 Å². The number of rotatable bonds is 26. The highest BCUT2D eigenvalue weighted by Gasteiger charge is 2.26. The zero-order valence-corrected chi connectivity index (χ0v) is 53.5. The highest BCUT2D eigenvalue weighted by Crippen LogP contribution is 2.17. The van der Waals surface area contributed by atoms with Gasteiger partial charge < -0.3 is 81.7 Å². The fourth-order valence-electron chi connectivity index (χ4n) is 7.96. The molecule has 0 aliphatic rings. The van der Waals surface area contributed by atoms with Gasteiger partial charge in [-0.1, -0.05) is 88.4 Å². The first-order valence-electron chi connectivity index (χ1n) is 30.3. The van der Waals surface area contributed by atoms with Gasteiger partial charge in [0.05, 0.1) is 26.4 Å². The molecular formula is C67H85N9O19. The van der Waals surface area contributed by atoms with Crippen molar-refractivity contribution in [3.05, 3.63) is 187 Å². The van der Waals surface area contributed by atoms with Gasteiger partial charge in [0.15, 0.2) is 0 Å². The van der Waals surface area contributed by atoms with E-state index in [1.54, 1.807) is 84.9 Å². The van der Waals surface area contributed by atoms with Gasteiger partial charge in [0.1, 0.15) is 65.6 Å². The van der Waals surface area contributed by atoms with Gasteiger partial charge in [0.2, 0.25) is 0 Å². The van der Waals surface area contributed by atoms with Crippen LogP contribution in [0.3, 0.4) is 0 Å². The van der Waals surface area contributed by atoms with Crippen LogP contribution in [0.15, 0.2) is 159 Å². The van der Waals surface area contributed by atoms with Crippen LogP contribution < -0.4 is 27.0 Å². The first-order valence-corrected chi connectivity index (χ1v) is 30.3. The first kappa shape index (κ1) is 78.1. The molecule has 7 rings (SSSR count). The molecule has 0 radical (unpaired) electrons. The predicted octanol–water partition coefficient (Wildman–Crippen LogP) is 7.75. The van der Waals surface area contributed by atoms with Crippen LogP contribution in [0.1, 0.15) is 88.1 Å². The van der Waals surface area contributed by atoms with Gasteiger partial charge in [-0.05, 0) is 134 Å². The summed E-state index contributed by atoms with van der Waals surface area (Å²) in [6.45, 7) is 10.7. The van der Waals surface area contributed by atoms with Crippen molar-refractivity contribution >= 4 is 48.1 Å². The van der Waals surface area contributed by atoms with Crippen molar-refractivity contribution < 1.29 is 93.0 Å². The predicted molar refractivity (Wildman–Crippen MR) is 347 cm³/mol. The van der Waals surface area contributed by atoms with Gasteiger partial charge >= 0.3 is 48.1 Å². The number of aromatic nitrogens is 4. The number of nitrogens with one attached hydrogen (secondary N) is 4. The summed E-state index contributed by atoms with van der Waals surface area (Å²) in [7, 11) is 0. The zero-order chi connectivity index (χ0) is 70.1. The molecule has 13 N–H and O–H groups in total. The third-order valence-electron chi connectivity index (χ3n) is 12.7. The van der Waals surface area contributed by atoms with Gasteiger partial charge in [-0.15, -0.1) is 0 Å². The average Bonchev–Trinajstić information content (AvgIpc) is 2.02. The number of carbonyl (C=O) groups is 8. The van der Waals surface area contributed by atoms with E-state index in [-0.39, 0.29) is 73.2 Å². The summed E-state index contributed by atoms with van der Waals surface area (Å²) in [4.78, 5) is 100. The minimum absolute atomic E-state index is 0.111. The van der Waals surface area contributed by atoms with Gasteiger partial charge in [-0.25, -0.2) is 48.1 Å². The molecule has 0 bridgehead atoms. The highest BCUT2D eigenvalue weighted by molar-refractivity contribution is 5.85. The molecule has 0 saturated carbocycles. The highest BCUT2D eigenvalue weighted by atomic mass is 16.5. The Kier molecular flexibility index (Phi) is 35.8. The summed E-state index contributed by atoms with van der Waals surface area (Å²) in [5.41, 5.74) is 9.88. The molecule has 7 aromatic rings. The van der Waals surface area contributed by atoms with Gasteiger partial charge in [0, 0.05) is 50.1 Å². The second-order valence-corrected chi connectivity index (χ2v) is 20.9. The topological polar surface area (TPSA) is 425 Å². The van der Waals surface area contributed by atoms with E-state index < -0.39 is 66.3 Å². The molecule has 95 heavy (non-hydrogen) atoms. The number of ether oxygens (including phenoxy) is 4. The Morgan fingerprint density at radius 2 is 0.726 bits per heavy atom. The normalized spacial score (nSPS) is 11.8. The summed E-state index contributed by atoms with van der Waals surface area (Å²) < 4.78 is 22.4. The third kappa shape index (κ3) is 32.6. The number of nitrogens with zero attached hydrogens (tertiary/aromatic N) is 4. The number of hydrogen-bond acceptors (Lipinski definition) is 20. The number of phenols is 5. The minimum atomic E-state index is -1.28. The molecular weight excluding hydrogens is 1230 g/mol. The number of urea groups is 1. The van der Waals surface area contributed by atoms with Crippen molar-refractivity contribution in [1.29, 1.82) is 0 Å². The van der Waals surface area contributed by atoms with Gasteiger partial charge in [0.25, 0.3) is 0 Å². The SMILES string of the molecule is CCCOC(=O)C(Cc1ccc(O)cc1)NC(=O)NC(C)Cc1ccc(O)cc1.CCCOC(=O)C(Cc1ccc(O)cc1)NC(=O)O.CCCOC(=O)C(Cc1ccc(O)cc1)NC(=O)n1ccnc1.CCCOC(=O)C(N)Cc1ccc(O)cc1.O=C(O)n1ccnc1. The van der Waals surface area contributed by atoms with Crippen LogP contribution in [0.25, 0.3) is 0 Å². The van der Waals surface area contributed by atoms with Crippen molar-refractivity contribution in [1.82, 2.24) is 40.4 Å². The molecule has 512 valence electrons. The van der Waals surface area contributed by atoms with Crippen LogP contribution in [0.4, 0.5) is 19.2 Å². The summed E-state index contributed by atoms with van der Waals surface area (Å²) in [6.07, 6.45) is 10.6.